The fourth-order valence-corrected chi connectivity index (χ4v) is 3.26. The number of hydrogen-bond donors (Lipinski definition) is 2. The molecule has 0 radical (unpaired) electrons. The molecule has 1 aromatic carbocycles. The molecule has 1 aliphatic heterocycles. The molecule has 6 heteroatoms. The third kappa shape index (κ3) is 2.63. The second-order valence-corrected chi connectivity index (χ2v) is 5.97. The molecule has 0 bridgehead atoms. The van der Waals surface area contributed by atoms with E-state index in [1.54, 1.807) is 26.4 Å². The summed E-state index contributed by atoms with van der Waals surface area (Å²) in [5, 5.41) is 6.25. The number of benzene rings is 1. The number of anilines is 1. The first-order valence-electron chi connectivity index (χ1n) is 7.73. The molecule has 1 fully saturated rings. The summed E-state index contributed by atoms with van der Waals surface area (Å²) < 4.78 is 19.7. The van der Waals surface area contributed by atoms with Gasteiger partial charge in [0.2, 0.25) is 0 Å². The van der Waals surface area contributed by atoms with Crippen molar-refractivity contribution in [3.8, 4) is 0 Å². The van der Waals surface area contributed by atoms with Crippen LogP contribution in [0.1, 0.15) is 17.0 Å². The van der Waals surface area contributed by atoms with Crippen LogP contribution in [-0.4, -0.2) is 30.8 Å². The second-order valence-electron chi connectivity index (χ2n) is 5.97. The predicted molar refractivity (Wildman–Crippen MR) is 88.9 cm³/mol. The van der Waals surface area contributed by atoms with E-state index in [9.17, 15) is 4.39 Å². The number of rotatable bonds is 5. The van der Waals surface area contributed by atoms with Crippen molar-refractivity contribution < 1.29 is 9.04 Å². The average molecular weight is 309 g/mol. The van der Waals surface area contributed by atoms with Crippen LogP contribution in [-0.2, 0) is 11.2 Å². The summed E-state index contributed by atoms with van der Waals surface area (Å²) in [4.78, 5) is 4.17. The van der Waals surface area contributed by atoms with Crippen molar-refractivity contribution >= 4 is 18.4 Å². The van der Waals surface area contributed by atoms with Crippen molar-refractivity contribution in [3.63, 3.8) is 0 Å². The molecule has 2 heterocycles. The quantitative estimate of drug-likeness (QED) is 0.828. The van der Waals surface area contributed by atoms with Crippen LogP contribution in [0.4, 0.5) is 10.1 Å². The summed E-state index contributed by atoms with van der Waals surface area (Å²) in [7, 11) is 3.56. The van der Waals surface area contributed by atoms with E-state index < -0.39 is 0 Å². The summed E-state index contributed by atoms with van der Waals surface area (Å²) in [6, 6.07) is 9.24. The minimum absolute atomic E-state index is 0.176. The summed E-state index contributed by atoms with van der Waals surface area (Å²) in [5.41, 5.74) is 3.59. The number of fused-ring (bicyclic) bond motifs is 1. The number of halogens is 1. The van der Waals surface area contributed by atoms with E-state index in [2.05, 4.69) is 21.7 Å². The fourth-order valence-electron chi connectivity index (χ4n) is 3.26. The summed E-state index contributed by atoms with van der Waals surface area (Å²) in [6.07, 6.45) is 3.83. The Labute approximate surface area is 135 Å². The van der Waals surface area contributed by atoms with Crippen LogP contribution in [0.5, 0.6) is 0 Å². The van der Waals surface area contributed by atoms with Crippen LogP contribution < -0.4 is 10.6 Å². The molecular weight excluding hydrogens is 292 g/mol. The van der Waals surface area contributed by atoms with Crippen molar-refractivity contribution in [2.45, 2.75) is 18.6 Å². The van der Waals surface area contributed by atoms with E-state index >= 15 is 0 Å². The molecule has 3 atom stereocenters. The molecule has 4 nitrogen and oxygen atoms in total. The first-order chi connectivity index (χ1) is 11.3. The number of pyridine rings is 1. The van der Waals surface area contributed by atoms with Gasteiger partial charge in [0.25, 0.3) is 0 Å². The Hall–Kier alpha value is -2.21. The first kappa shape index (κ1) is 14.4. The number of hydrogen-bond acceptors (Lipinski definition) is 4. The van der Waals surface area contributed by atoms with E-state index in [0.717, 1.165) is 11.3 Å². The zero-order chi connectivity index (χ0) is 15.8. The van der Waals surface area contributed by atoms with E-state index in [4.69, 9.17) is 4.65 Å². The Morgan fingerprint density at radius 3 is 2.96 bits per heavy atom. The van der Waals surface area contributed by atoms with Gasteiger partial charge in [0, 0.05) is 0 Å². The zero-order valence-electron chi connectivity index (χ0n) is 12.8. The summed E-state index contributed by atoms with van der Waals surface area (Å²) in [6.45, 7) is 0.520. The maximum absolute atomic E-state index is 14.0. The Morgan fingerprint density at radius 1 is 1.30 bits per heavy atom. The van der Waals surface area contributed by atoms with Crippen molar-refractivity contribution in [2.24, 2.45) is 5.92 Å². The molecule has 1 aliphatic carbocycles. The zero-order valence-corrected chi connectivity index (χ0v) is 12.8. The van der Waals surface area contributed by atoms with Gasteiger partial charge in [-0.1, -0.05) is 0 Å². The number of aromatic nitrogens is 1. The standard InChI is InChI=1S/C17H17BFN3O/c1-20-8-10-4-5-12(7-13(10)19)22-17-15-14(16(15)23-18-17)11-3-2-6-21-9-11/h2-7,9,14-16,20,22H,8H2,1H3. The average Bonchev–Trinajstić information content (AvgIpc) is 3.16. The SMILES string of the molecule is CNCc1ccc(NC2=BOC3C2C3c2cccnc2)cc1F. The first-order valence-corrected chi connectivity index (χ1v) is 7.73. The summed E-state index contributed by atoms with van der Waals surface area (Å²) in [5.74, 6) is 0.434. The van der Waals surface area contributed by atoms with Gasteiger partial charge in [-0.3, -0.25) is 0 Å². The number of nitrogens with one attached hydrogen (secondary N) is 2. The molecular formula is C17H17BFN3O. The van der Waals surface area contributed by atoms with E-state index in [1.807, 2.05) is 18.3 Å². The second kappa shape index (κ2) is 5.78. The van der Waals surface area contributed by atoms with Crippen LogP contribution in [0, 0.1) is 11.7 Å². The van der Waals surface area contributed by atoms with Gasteiger partial charge in [-0.25, -0.2) is 0 Å². The van der Waals surface area contributed by atoms with Gasteiger partial charge < -0.3 is 0 Å². The van der Waals surface area contributed by atoms with Crippen LogP contribution >= 0.6 is 0 Å². The Morgan fingerprint density at radius 2 is 2.22 bits per heavy atom. The predicted octanol–water partition coefficient (Wildman–Crippen LogP) is 1.91. The molecule has 2 N–H and O–H groups in total. The van der Waals surface area contributed by atoms with Crippen molar-refractivity contribution in [1.29, 1.82) is 0 Å². The fraction of sp³-hybridized carbons (Fsp3) is 0.294. The molecule has 3 unspecified atom stereocenters. The van der Waals surface area contributed by atoms with Gasteiger partial charge in [-0.15, -0.1) is 0 Å². The molecule has 0 amide bonds. The third-order valence-corrected chi connectivity index (χ3v) is 4.44. The van der Waals surface area contributed by atoms with E-state index in [-0.39, 0.29) is 11.9 Å². The van der Waals surface area contributed by atoms with E-state index in [1.165, 1.54) is 11.6 Å². The van der Waals surface area contributed by atoms with Crippen LogP contribution in [0.25, 0.3) is 0 Å². The van der Waals surface area contributed by atoms with Gasteiger partial charge in [0.15, 0.2) is 0 Å². The Bertz CT molecular complexity index is 753. The molecule has 0 spiro atoms. The Kier molecular flexibility index (Phi) is 3.61. The van der Waals surface area contributed by atoms with Crippen molar-refractivity contribution in [3.05, 3.63) is 59.7 Å². The molecule has 1 saturated carbocycles. The maximum atomic E-state index is 14.0. The molecule has 0 saturated heterocycles. The van der Waals surface area contributed by atoms with Crippen LogP contribution in [0.3, 0.4) is 0 Å². The molecule has 23 heavy (non-hydrogen) atoms. The normalized spacial score (nSPS) is 24.3. The number of nitrogens with zero attached hydrogens (tertiary/aromatic N) is 1. The van der Waals surface area contributed by atoms with Crippen LogP contribution in [0.2, 0.25) is 0 Å². The van der Waals surface area contributed by atoms with Gasteiger partial charge in [0.05, 0.1) is 0 Å². The van der Waals surface area contributed by atoms with E-state index in [0.29, 0.717) is 23.9 Å². The third-order valence-electron chi connectivity index (χ3n) is 4.44. The van der Waals surface area contributed by atoms with Gasteiger partial charge in [-0.2, -0.15) is 0 Å². The molecule has 1 aromatic heterocycles. The molecule has 4 rings (SSSR count). The Balaban J connectivity index is 1.47. The van der Waals surface area contributed by atoms with Crippen LogP contribution in [0.15, 0.2) is 42.7 Å². The van der Waals surface area contributed by atoms with Gasteiger partial charge >= 0.3 is 134 Å². The molecule has 116 valence electrons. The summed E-state index contributed by atoms with van der Waals surface area (Å²) >= 11 is 0. The molecule has 2 aromatic rings. The monoisotopic (exact) mass is 309 g/mol. The molecule has 2 aliphatic rings. The van der Waals surface area contributed by atoms with Crippen molar-refractivity contribution in [1.82, 2.24) is 10.3 Å². The van der Waals surface area contributed by atoms with Crippen molar-refractivity contribution in [2.75, 3.05) is 12.4 Å². The van der Waals surface area contributed by atoms with Gasteiger partial charge in [-0.05, 0) is 0 Å². The topological polar surface area (TPSA) is 46.2 Å². The minimum atomic E-state index is -0.208. The van der Waals surface area contributed by atoms with Gasteiger partial charge in [0.1, 0.15) is 0 Å².